The van der Waals surface area contributed by atoms with Crippen LogP contribution in [0.1, 0.15) is 33.6 Å². The summed E-state index contributed by atoms with van der Waals surface area (Å²) >= 11 is 0. The van der Waals surface area contributed by atoms with Crippen LogP contribution in [0.15, 0.2) is 0 Å². The Kier molecular flexibility index (Phi) is 2.16. The second-order valence-electron chi connectivity index (χ2n) is 5.76. The van der Waals surface area contributed by atoms with E-state index in [2.05, 4.69) is 31.0 Å². The molecule has 0 radical (unpaired) electrons. The van der Waals surface area contributed by atoms with Crippen molar-refractivity contribution in [2.45, 2.75) is 39.2 Å². The fourth-order valence-corrected chi connectivity index (χ4v) is 2.48. The summed E-state index contributed by atoms with van der Waals surface area (Å²) in [7, 11) is 0. The molecular weight excluding hydrogens is 160 g/mol. The zero-order valence-corrected chi connectivity index (χ0v) is 9.19. The van der Waals surface area contributed by atoms with Gasteiger partial charge in [-0.3, -0.25) is 4.90 Å². The van der Waals surface area contributed by atoms with Crippen LogP contribution in [0, 0.1) is 5.41 Å². The molecule has 2 aliphatic rings. The first-order chi connectivity index (χ1) is 6.02. The van der Waals surface area contributed by atoms with Crippen molar-refractivity contribution in [3.63, 3.8) is 0 Å². The van der Waals surface area contributed by atoms with E-state index in [9.17, 15) is 0 Å². The smallest absolute Gasteiger partial charge is 0.0125 e. The summed E-state index contributed by atoms with van der Waals surface area (Å²) in [6.07, 6.45) is 2.80. The monoisotopic (exact) mass is 182 g/mol. The van der Waals surface area contributed by atoms with E-state index in [1.807, 2.05) is 0 Å². The van der Waals surface area contributed by atoms with Gasteiger partial charge in [-0.1, -0.05) is 0 Å². The van der Waals surface area contributed by atoms with Crippen LogP contribution in [-0.4, -0.2) is 36.6 Å². The number of piperidine rings is 1. The van der Waals surface area contributed by atoms with Crippen LogP contribution < -0.4 is 5.32 Å². The predicted molar refractivity (Wildman–Crippen MR) is 55.9 cm³/mol. The van der Waals surface area contributed by atoms with Gasteiger partial charge in [-0.15, -0.1) is 0 Å². The molecule has 1 spiro atoms. The lowest BCUT2D eigenvalue weighted by Gasteiger charge is -2.51. The maximum atomic E-state index is 3.41. The molecule has 2 fully saturated rings. The second-order valence-corrected chi connectivity index (χ2v) is 5.76. The Hall–Kier alpha value is -0.0800. The molecule has 2 saturated heterocycles. The second kappa shape index (κ2) is 2.96. The molecule has 2 nitrogen and oxygen atoms in total. The van der Waals surface area contributed by atoms with Crippen LogP contribution in [0.2, 0.25) is 0 Å². The van der Waals surface area contributed by atoms with Crippen molar-refractivity contribution in [3.05, 3.63) is 0 Å². The van der Waals surface area contributed by atoms with Crippen LogP contribution in [0.3, 0.4) is 0 Å². The van der Waals surface area contributed by atoms with E-state index in [0.717, 1.165) is 0 Å². The first kappa shape index (κ1) is 9.47. The minimum Gasteiger partial charge on any atom is -0.316 e. The SMILES string of the molecule is CC(C)(C)N1CCC2(CC1)CNC2. The third kappa shape index (κ3) is 1.75. The average molecular weight is 182 g/mol. The third-order valence-electron chi connectivity index (χ3n) is 3.77. The molecular formula is C11H22N2. The van der Waals surface area contributed by atoms with E-state index in [1.54, 1.807) is 0 Å². The van der Waals surface area contributed by atoms with Crippen LogP contribution in [0.5, 0.6) is 0 Å². The van der Waals surface area contributed by atoms with Crippen LogP contribution >= 0.6 is 0 Å². The fourth-order valence-electron chi connectivity index (χ4n) is 2.48. The summed E-state index contributed by atoms with van der Waals surface area (Å²) in [4.78, 5) is 2.62. The highest BCUT2D eigenvalue weighted by Crippen LogP contribution is 2.36. The van der Waals surface area contributed by atoms with Gasteiger partial charge in [0.15, 0.2) is 0 Å². The number of nitrogens with one attached hydrogen (secondary N) is 1. The summed E-state index contributed by atoms with van der Waals surface area (Å²) < 4.78 is 0. The minimum atomic E-state index is 0.374. The molecule has 2 rings (SSSR count). The Labute approximate surface area is 81.7 Å². The summed E-state index contributed by atoms with van der Waals surface area (Å²) in [5.74, 6) is 0. The van der Waals surface area contributed by atoms with Gasteiger partial charge in [0.2, 0.25) is 0 Å². The number of hydrogen-bond donors (Lipinski definition) is 1. The van der Waals surface area contributed by atoms with Crippen LogP contribution in [0.25, 0.3) is 0 Å². The standard InChI is InChI=1S/C11H22N2/c1-10(2,3)13-6-4-11(5-7-13)8-12-9-11/h12H,4-9H2,1-3H3. The fraction of sp³-hybridized carbons (Fsp3) is 1.00. The number of nitrogens with zero attached hydrogens (tertiary/aromatic N) is 1. The summed E-state index contributed by atoms with van der Waals surface area (Å²) in [6.45, 7) is 12.1. The van der Waals surface area contributed by atoms with Gasteiger partial charge >= 0.3 is 0 Å². The Morgan fingerprint density at radius 2 is 1.62 bits per heavy atom. The number of likely N-dealkylation sites (tertiary alicyclic amines) is 1. The molecule has 1 N–H and O–H groups in total. The molecule has 2 heteroatoms. The van der Waals surface area contributed by atoms with E-state index in [1.165, 1.54) is 39.0 Å². The van der Waals surface area contributed by atoms with E-state index in [4.69, 9.17) is 0 Å². The van der Waals surface area contributed by atoms with Gasteiger partial charge in [0.05, 0.1) is 0 Å². The van der Waals surface area contributed by atoms with Crippen molar-refractivity contribution in [2.75, 3.05) is 26.2 Å². The largest absolute Gasteiger partial charge is 0.316 e. The van der Waals surface area contributed by atoms with Crippen molar-refractivity contribution in [1.82, 2.24) is 10.2 Å². The van der Waals surface area contributed by atoms with Gasteiger partial charge in [0.1, 0.15) is 0 Å². The first-order valence-electron chi connectivity index (χ1n) is 5.48. The van der Waals surface area contributed by atoms with E-state index in [-0.39, 0.29) is 0 Å². The molecule has 0 saturated carbocycles. The lowest BCUT2D eigenvalue weighted by molar-refractivity contribution is 0.0137. The van der Waals surface area contributed by atoms with Crippen molar-refractivity contribution in [3.8, 4) is 0 Å². The Morgan fingerprint density at radius 1 is 1.08 bits per heavy atom. The van der Waals surface area contributed by atoms with Crippen molar-refractivity contribution < 1.29 is 0 Å². The van der Waals surface area contributed by atoms with Gasteiger partial charge < -0.3 is 5.32 Å². The molecule has 0 amide bonds. The highest BCUT2D eigenvalue weighted by Gasteiger charge is 2.41. The molecule has 0 aromatic carbocycles. The molecule has 0 aromatic rings. The zero-order chi connectivity index (χ0) is 9.53. The first-order valence-corrected chi connectivity index (χ1v) is 5.48. The van der Waals surface area contributed by atoms with E-state index >= 15 is 0 Å². The third-order valence-corrected chi connectivity index (χ3v) is 3.77. The molecule has 0 aromatic heterocycles. The zero-order valence-electron chi connectivity index (χ0n) is 9.19. The van der Waals surface area contributed by atoms with Gasteiger partial charge in [-0.05, 0) is 52.1 Å². The summed E-state index contributed by atoms with van der Waals surface area (Å²) in [5.41, 5.74) is 1.07. The van der Waals surface area contributed by atoms with Crippen LogP contribution in [0.4, 0.5) is 0 Å². The minimum absolute atomic E-state index is 0.374. The van der Waals surface area contributed by atoms with Crippen molar-refractivity contribution >= 4 is 0 Å². The van der Waals surface area contributed by atoms with Gasteiger partial charge in [0, 0.05) is 18.6 Å². The molecule has 2 heterocycles. The predicted octanol–water partition coefficient (Wildman–Crippen LogP) is 1.47. The quantitative estimate of drug-likeness (QED) is 0.610. The maximum Gasteiger partial charge on any atom is 0.0125 e. The van der Waals surface area contributed by atoms with Gasteiger partial charge in [-0.2, -0.15) is 0 Å². The highest BCUT2D eigenvalue weighted by atomic mass is 15.2. The molecule has 2 aliphatic heterocycles. The van der Waals surface area contributed by atoms with Crippen LogP contribution in [-0.2, 0) is 0 Å². The molecule has 0 bridgehead atoms. The molecule has 0 unspecified atom stereocenters. The Balaban J connectivity index is 1.89. The molecule has 0 atom stereocenters. The number of hydrogen-bond acceptors (Lipinski definition) is 2. The van der Waals surface area contributed by atoms with Crippen molar-refractivity contribution in [1.29, 1.82) is 0 Å². The Bertz CT molecular complexity index is 179. The van der Waals surface area contributed by atoms with Gasteiger partial charge in [-0.25, -0.2) is 0 Å². The Morgan fingerprint density at radius 3 is 1.92 bits per heavy atom. The van der Waals surface area contributed by atoms with Crippen molar-refractivity contribution in [2.24, 2.45) is 5.41 Å². The number of rotatable bonds is 0. The highest BCUT2D eigenvalue weighted by molar-refractivity contribution is 4.97. The summed E-state index contributed by atoms with van der Waals surface area (Å²) in [6, 6.07) is 0. The van der Waals surface area contributed by atoms with E-state index < -0.39 is 0 Å². The lowest BCUT2D eigenvalue weighted by Crippen LogP contribution is -2.60. The van der Waals surface area contributed by atoms with Gasteiger partial charge in [0.25, 0.3) is 0 Å². The van der Waals surface area contributed by atoms with E-state index in [0.29, 0.717) is 11.0 Å². The summed E-state index contributed by atoms with van der Waals surface area (Å²) in [5, 5.41) is 3.41. The molecule has 0 aliphatic carbocycles. The average Bonchev–Trinajstić information content (AvgIpc) is 2.00. The lowest BCUT2D eigenvalue weighted by atomic mass is 9.73. The normalized spacial score (nSPS) is 28.8. The topological polar surface area (TPSA) is 15.3 Å². The maximum absolute atomic E-state index is 3.41. The molecule has 76 valence electrons. The molecule has 13 heavy (non-hydrogen) atoms.